The third-order valence-electron chi connectivity index (χ3n) is 5.82. The van der Waals surface area contributed by atoms with Crippen molar-refractivity contribution < 1.29 is 13.2 Å². The molecule has 0 bridgehead atoms. The van der Waals surface area contributed by atoms with Gasteiger partial charge in [0.15, 0.2) is 0 Å². The van der Waals surface area contributed by atoms with E-state index in [0.29, 0.717) is 6.42 Å². The lowest BCUT2D eigenvalue weighted by Crippen LogP contribution is -2.07. The number of alkyl halides is 3. The van der Waals surface area contributed by atoms with Gasteiger partial charge in [-0.2, -0.15) is 13.2 Å². The highest BCUT2D eigenvalue weighted by molar-refractivity contribution is 5.94. The zero-order valence-electron chi connectivity index (χ0n) is 17.4. The van der Waals surface area contributed by atoms with Crippen LogP contribution in [0, 0.1) is 0 Å². The molecule has 4 heteroatoms. The Morgan fingerprint density at radius 3 is 2.38 bits per heavy atom. The second kappa shape index (κ2) is 8.56. The van der Waals surface area contributed by atoms with Crippen molar-refractivity contribution in [2.24, 2.45) is 0 Å². The van der Waals surface area contributed by atoms with Crippen LogP contribution in [0.1, 0.15) is 80.0 Å². The minimum absolute atomic E-state index is 0.581. The highest BCUT2D eigenvalue weighted by Gasteiger charge is 2.32. The summed E-state index contributed by atoms with van der Waals surface area (Å²) in [7, 11) is 0. The van der Waals surface area contributed by atoms with E-state index in [1.807, 2.05) is 13.1 Å². The Kier molecular flexibility index (Phi) is 6.30. The molecule has 1 aromatic carbocycles. The van der Waals surface area contributed by atoms with Crippen LogP contribution in [0.5, 0.6) is 0 Å². The first-order valence-electron chi connectivity index (χ1n) is 10.4. The van der Waals surface area contributed by atoms with E-state index in [0.717, 1.165) is 76.8 Å². The molecule has 1 aromatic heterocycles. The van der Waals surface area contributed by atoms with Crippen LogP contribution in [0.15, 0.2) is 37.0 Å². The summed E-state index contributed by atoms with van der Waals surface area (Å²) >= 11 is 0. The van der Waals surface area contributed by atoms with E-state index in [2.05, 4.69) is 31.5 Å². The topological polar surface area (TPSA) is 12.9 Å². The second-order valence-corrected chi connectivity index (χ2v) is 7.56. The molecule has 1 nitrogen and oxygen atoms in total. The number of aromatic nitrogens is 1. The molecule has 0 radical (unpaired) electrons. The van der Waals surface area contributed by atoms with Gasteiger partial charge in [-0.3, -0.25) is 4.98 Å². The first kappa shape index (κ1) is 21.4. The molecule has 0 saturated heterocycles. The van der Waals surface area contributed by atoms with Crippen molar-refractivity contribution in [1.82, 2.24) is 4.98 Å². The maximum Gasteiger partial charge on any atom is 0.416 e. The molecule has 0 atom stereocenters. The summed E-state index contributed by atoms with van der Waals surface area (Å²) < 4.78 is 40.0. The first-order chi connectivity index (χ1) is 13.8. The van der Waals surface area contributed by atoms with E-state index in [1.165, 1.54) is 12.1 Å². The summed E-state index contributed by atoms with van der Waals surface area (Å²) in [6, 6.07) is 6.29. The van der Waals surface area contributed by atoms with Crippen LogP contribution in [0.4, 0.5) is 13.2 Å². The van der Waals surface area contributed by atoms with Crippen molar-refractivity contribution in [3.63, 3.8) is 0 Å². The Morgan fingerprint density at radius 1 is 1.03 bits per heavy atom. The van der Waals surface area contributed by atoms with Crippen LogP contribution < -0.4 is 0 Å². The number of halogens is 3. The fourth-order valence-electron chi connectivity index (χ4n) is 4.14. The van der Waals surface area contributed by atoms with Gasteiger partial charge in [0.25, 0.3) is 0 Å². The zero-order chi connectivity index (χ0) is 21.2. The molecule has 1 heterocycles. The van der Waals surface area contributed by atoms with Crippen molar-refractivity contribution in [2.75, 3.05) is 0 Å². The summed E-state index contributed by atoms with van der Waals surface area (Å²) in [4.78, 5) is 4.66. The first-order valence-corrected chi connectivity index (χ1v) is 10.4. The fourth-order valence-corrected chi connectivity index (χ4v) is 4.14. The summed E-state index contributed by atoms with van der Waals surface area (Å²) in [5, 5.41) is 0. The van der Waals surface area contributed by atoms with E-state index in [1.54, 1.807) is 6.07 Å². The number of pyridine rings is 1. The van der Waals surface area contributed by atoms with Gasteiger partial charge in [0.2, 0.25) is 0 Å². The Morgan fingerprint density at radius 2 is 1.76 bits per heavy atom. The molecule has 154 valence electrons. The van der Waals surface area contributed by atoms with Gasteiger partial charge >= 0.3 is 6.18 Å². The van der Waals surface area contributed by atoms with Gasteiger partial charge in [-0.1, -0.05) is 33.4 Å². The standard InChI is InChI=1S/C25H28F3N/c1-5-16(4)22-13-18(15-29-24(22)7-3)20-9-8-10-21(20)23-14-19(25(26,27)28)12-11-17(23)6-2/h11-15H,4-10H2,1-3H3. The SMILES string of the molecule is C=C(CC)c1cc(C2=C(c3cc(C(F)(F)F)ccc3CC)CCC2)cnc1CC. The van der Waals surface area contributed by atoms with Gasteiger partial charge < -0.3 is 0 Å². The van der Waals surface area contributed by atoms with Crippen LogP contribution in [0.3, 0.4) is 0 Å². The lowest BCUT2D eigenvalue weighted by molar-refractivity contribution is -0.137. The van der Waals surface area contributed by atoms with Crippen molar-refractivity contribution >= 4 is 16.7 Å². The largest absolute Gasteiger partial charge is 0.416 e. The number of hydrogen-bond acceptors (Lipinski definition) is 1. The van der Waals surface area contributed by atoms with Crippen LogP contribution in [-0.4, -0.2) is 4.98 Å². The van der Waals surface area contributed by atoms with Crippen LogP contribution in [0.2, 0.25) is 0 Å². The summed E-state index contributed by atoms with van der Waals surface area (Å²) in [5.41, 5.74) is 7.44. The minimum atomic E-state index is -4.34. The van der Waals surface area contributed by atoms with Crippen molar-refractivity contribution in [1.29, 1.82) is 0 Å². The maximum atomic E-state index is 13.3. The van der Waals surface area contributed by atoms with Gasteiger partial charge in [0.1, 0.15) is 0 Å². The molecule has 0 amide bonds. The molecule has 2 aromatic rings. The zero-order valence-corrected chi connectivity index (χ0v) is 17.4. The molecule has 0 saturated carbocycles. The van der Waals surface area contributed by atoms with Crippen LogP contribution in [-0.2, 0) is 19.0 Å². The van der Waals surface area contributed by atoms with E-state index < -0.39 is 11.7 Å². The number of aryl methyl sites for hydroxylation is 2. The Bertz CT molecular complexity index is 951. The third-order valence-corrected chi connectivity index (χ3v) is 5.82. The molecule has 3 rings (SSSR count). The molecular formula is C25H28F3N. The highest BCUT2D eigenvalue weighted by atomic mass is 19.4. The number of allylic oxidation sites excluding steroid dienone is 3. The van der Waals surface area contributed by atoms with Gasteiger partial charge in [0, 0.05) is 11.9 Å². The second-order valence-electron chi connectivity index (χ2n) is 7.56. The summed E-state index contributed by atoms with van der Waals surface area (Å²) in [5.74, 6) is 0. The maximum absolute atomic E-state index is 13.3. The smallest absolute Gasteiger partial charge is 0.260 e. The molecule has 0 fully saturated rings. The Labute approximate surface area is 171 Å². The third kappa shape index (κ3) is 4.31. The van der Waals surface area contributed by atoms with Gasteiger partial charge in [-0.25, -0.2) is 0 Å². The molecule has 0 N–H and O–H groups in total. The number of hydrogen-bond donors (Lipinski definition) is 0. The van der Waals surface area contributed by atoms with Gasteiger partial charge in [-0.15, -0.1) is 0 Å². The normalized spacial score (nSPS) is 14.6. The van der Waals surface area contributed by atoms with E-state index in [-0.39, 0.29) is 0 Å². The number of rotatable bonds is 6. The quantitative estimate of drug-likeness (QED) is 0.484. The lowest BCUT2D eigenvalue weighted by Gasteiger charge is -2.17. The molecule has 1 aliphatic rings. The van der Waals surface area contributed by atoms with Gasteiger partial charge in [0.05, 0.1) is 5.56 Å². The molecule has 0 spiro atoms. The predicted molar refractivity (Wildman–Crippen MR) is 114 cm³/mol. The van der Waals surface area contributed by atoms with E-state index in [4.69, 9.17) is 0 Å². The van der Waals surface area contributed by atoms with Crippen molar-refractivity contribution in [3.8, 4) is 0 Å². The lowest BCUT2D eigenvalue weighted by atomic mass is 9.90. The molecular weight excluding hydrogens is 371 g/mol. The van der Waals surface area contributed by atoms with Gasteiger partial charge in [-0.05, 0) is 95.7 Å². The molecule has 0 unspecified atom stereocenters. The Hall–Kier alpha value is -2.36. The van der Waals surface area contributed by atoms with Crippen LogP contribution >= 0.6 is 0 Å². The average molecular weight is 400 g/mol. The fraction of sp³-hybridized carbons (Fsp3) is 0.400. The molecule has 0 aliphatic heterocycles. The minimum Gasteiger partial charge on any atom is -0.260 e. The van der Waals surface area contributed by atoms with Crippen LogP contribution in [0.25, 0.3) is 16.7 Å². The Balaban J connectivity index is 2.17. The monoisotopic (exact) mass is 399 g/mol. The number of benzene rings is 1. The summed E-state index contributed by atoms with van der Waals surface area (Å²) in [6.45, 7) is 10.3. The number of nitrogens with zero attached hydrogens (tertiary/aromatic N) is 1. The van der Waals surface area contributed by atoms with E-state index in [9.17, 15) is 13.2 Å². The van der Waals surface area contributed by atoms with Crippen molar-refractivity contribution in [2.45, 2.75) is 65.5 Å². The predicted octanol–water partition coefficient (Wildman–Crippen LogP) is 7.74. The average Bonchev–Trinajstić information content (AvgIpc) is 3.21. The summed E-state index contributed by atoms with van der Waals surface area (Å²) in [6.07, 6.45) is 2.52. The van der Waals surface area contributed by atoms with Crippen molar-refractivity contribution in [3.05, 3.63) is 70.6 Å². The molecule has 29 heavy (non-hydrogen) atoms. The highest BCUT2D eigenvalue weighted by Crippen LogP contribution is 2.43. The molecule has 1 aliphatic carbocycles. The van der Waals surface area contributed by atoms with E-state index >= 15 is 0 Å².